The zero-order valence-electron chi connectivity index (χ0n) is 10.0. The standard InChI is InChI=1S/C13H20O2/c1-8(2)5-11-6-12(11)13(7-9(13)3)15-10(4)14/h5,9,11-12H,6-7H2,1-4H3. The molecule has 0 heterocycles. The molecule has 2 aliphatic carbocycles. The molecule has 0 N–H and O–H groups in total. The summed E-state index contributed by atoms with van der Waals surface area (Å²) in [5.74, 6) is 1.68. The number of hydrogen-bond acceptors (Lipinski definition) is 2. The summed E-state index contributed by atoms with van der Waals surface area (Å²) >= 11 is 0. The van der Waals surface area contributed by atoms with Crippen LogP contribution in [0.5, 0.6) is 0 Å². The molecule has 0 amide bonds. The molecule has 2 fully saturated rings. The number of carbonyl (C=O) groups excluding carboxylic acids is 1. The van der Waals surface area contributed by atoms with Gasteiger partial charge in [-0.3, -0.25) is 4.79 Å². The molecule has 0 aliphatic heterocycles. The summed E-state index contributed by atoms with van der Waals surface area (Å²) in [6, 6.07) is 0. The van der Waals surface area contributed by atoms with Gasteiger partial charge >= 0.3 is 5.97 Å². The summed E-state index contributed by atoms with van der Waals surface area (Å²) in [7, 11) is 0. The van der Waals surface area contributed by atoms with Crippen LogP contribution in [0.25, 0.3) is 0 Å². The molecule has 4 atom stereocenters. The predicted octanol–water partition coefficient (Wildman–Crippen LogP) is 2.93. The number of allylic oxidation sites excluding steroid dienone is 2. The van der Waals surface area contributed by atoms with Gasteiger partial charge in [0.05, 0.1) is 0 Å². The fraction of sp³-hybridized carbons (Fsp3) is 0.769. The molecule has 0 saturated heterocycles. The first-order valence-electron chi connectivity index (χ1n) is 5.80. The SMILES string of the molecule is CC(=O)OC1(C2CC2C=C(C)C)CC1C. The van der Waals surface area contributed by atoms with Gasteiger partial charge in [0.15, 0.2) is 0 Å². The van der Waals surface area contributed by atoms with Gasteiger partial charge in [-0.25, -0.2) is 0 Å². The van der Waals surface area contributed by atoms with Crippen LogP contribution < -0.4 is 0 Å². The Hall–Kier alpha value is -0.790. The van der Waals surface area contributed by atoms with E-state index >= 15 is 0 Å². The van der Waals surface area contributed by atoms with Crippen molar-refractivity contribution >= 4 is 5.97 Å². The van der Waals surface area contributed by atoms with E-state index in [0.29, 0.717) is 17.8 Å². The average Bonchev–Trinajstić information content (AvgIpc) is 2.90. The van der Waals surface area contributed by atoms with E-state index in [2.05, 4.69) is 26.8 Å². The van der Waals surface area contributed by atoms with Crippen LogP contribution in [0.15, 0.2) is 11.6 Å². The van der Waals surface area contributed by atoms with Gasteiger partial charge in [0.1, 0.15) is 5.60 Å². The summed E-state index contributed by atoms with van der Waals surface area (Å²) in [4.78, 5) is 11.1. The fourth-order valence-electron chi connectivity index (χ4n) is 2.81. The van der Waals surface area contributed by atoms with E-state index in [-0.39, 0.29) is 11.6 Å². The van der Waals surface area contributed by atoms with Crippen LogP contribution in [-0.4, -0.2) is 11.6 Å². The maximum atomic E-state index is 11.1. The smallest absolute Gasteiger partial charge is 0.303 e. The van der Waals surface area contributed by atoms with Gasteiger partial charge in [0, 0.05) is 18.8 Å². The van der Waals surface area contributed by atoms with Crippen molar-refractivity contribution in [2.45, 2.75) is 46.1 Å². The average molecular weight is 208 g/mol. The van der Waals surface area contributed by atoms with Gasteiger partial charge < -0.3 is 4.74 Å². The maximum Gasteiger partial charge on any atom is 0.303 e. The van der Waals surface area contributed by atoms with Crippen LogP contribution in [-0.2, 0) is 9.53 Å². The molecule has 0 aromatic carbocycles. The molecule has 84 valence electrons. The molecule has 2 nitrogen and oxygen atoms in total. The Balaban J connectivity index is 2.00. The molecule has 0 radical (unpaired) electrons. The lowest BCUT2D eigenvalue weighted by molar-refractivity contribution is -0.150. The maximum absolute atomic E-state index is 11.1. The van der Waals surface area contributed by atoms with E-state index in [1.807, 2.05) is 0 Å². The van der Waals surface area contributed by atoms with E-state index in [1.54, 1.807) is 0 Å². The largest absolute Gasteiger partial charge is 0.459 e. The minimum atomic E-state index is -0.123. The Kier molecular flexibility index (Phi) is 2.40. The Morgan fingerprint density at radius 2 is 2.00 bits per heavy atom. The first kappa shape index (κ1) is 10.7. The molecule has 0 aromatic heterocycles. The molecule has 0 bridgehead atoms. The second-order valence-electron chi connectivity index (χ2n) is 5.40. The van der Waals surface area contributed by atoms with E-state index in [4.69, 9.17) is 4.74 Å². The van der Waals surface area contributed by atoms with Crippen molar-refractivity contribution in [3.8, 4) is 0 Å². The zero-order valence-corrected chi connectivity index (χ0v) is 10.0. The van der Waals surface area contributed by atoms with Crippen LogP contribution in [0, 0.1) is 17.8 Å². The highest BCUT2D eigenvalue weighted by atomic mass is 16.6. The topological polar surface area (TPSA) is 26.3 Å². The zero-order chi connectivity index (χ0) is 11.2. The third-order valence-corrected chi connectivity index (χ3v) is 3.65. The number of ether oxygens (including phenoxy) is 1. The van der Waals surface area contributed by atoms with E-state index in [1.165, 1.54) is 18.9 Å². The summed E-state index contributed by atoms with van der Waals surface area (Å²) in [6.45, 7) is 7.96. The van der Waals surface area contributed by atoms with Crippen LogP contribution in [0.2, 0.25) is 0 Å². The van der Waals surface area contributed by atoms with E-state index in [9.17, 15) is 4.79 Å². The van der Waals surface area contributed by atoms with Crippen molar-refractivity contribution in [2.24, 2.45) is 17.8 Å². The van der Waals surface area contributed by atoms with Gasteiger partial charge in [-0.2, -0.15) is 0 Å². The van der Waals surface area contributed by atoms with Crippen molar-refractivity contribution in [3.05, 3.63) is 11.6 Å². The van der Waals surface area contributed by atoms with Gasteiger partial charge in [0.25, 0.3) is 0 Å². The van der Waals surface area contributed by atoms with Crippen molar-refractivity contribution in [1.82, 2.24) is 0 Å². The monoisotopic (exact) mass is 208 g/mol. The highest BCUT2D eigenvalue weighted by molar-refractivity contribution is 5.67. The van der Waals surface area contributed by atoms with Crippen molar-refractivity contribution < 1.29 is 9.53 Å². The lowest BCUT2D eigenvalue weighted by Crippen LogP contribution is -2.23. The molecule has 2 saturated carbocycles. The fourth-order valence-corrected chi connectivity index (χ4v) is 2.81. The molecular formula is C13H20O2. The summed E-state index contributed by atoms with van der Waals surface area (Å²) < 4.78 is 5.53. The molecule has 0 spiro atoms. The molecule has 0 aromatic rings. The Labute approximate surface area is 91.7 Å². The van der Waals surface area contributed by atoms with Crippen molar-refractivity contribution in [3.63, 3.8) is 0 Å². The second-order valence-corrected chi connectivity index (χ2v) is 5.40. The third-order valence-electron chi connectivity index (χ3n) is 3.65. The molecule has 4 unspecified atom stereocenters. The highest BCUT2D eigenvalue weighted by Gasteiger charge is 2.66. The minimum Gasteiger partial charge on any atom is -0.459 e. The molecule has 2 aliphatic rings. The Bertz CT molecular complexity index is 314. The molecule has 2 rings (SSSR count). The van der Waals surface area contributed by atoms with Crippen molar-refractivity contribution in [2.75, 3.05) is 0 Å². The molecule has 15 heavy (non-hydrogen) atoms. The summed E-state index contributed by atoms with van der Waals surface area (Å²) in [5.41, 5.74) is 1.27. The summed E-state index contributed by atoms with van der Waals surface area (Å²) in [6.07, 6.45) is 4.58. The lowest BCUT2D eigenvalue weighted by Gasteiger charge is -2.16. The molecular weight excluding hydrogens is 188 g/mol. The number of rotatable bonds is 3. The summed E-state index contributed by atoms with van der Waals surface area (Å²) in [5, 5.41) is 0. The van der Waals surface area contributed by atoms with Crippen LogP contribution in [0.3, 0.4) is 0 Å². The Morgan fingerprint density at radius 3 is 2.40 bits per heavy atom. The van der Waals surface area contributed by atoms with E-state index < -0.39 is 0 Å². The van der Waals surface area contributed by atoms with Crippen LogP contribution in [0.1, 0.15) is 40.5 Å². The van der Waals surface area contributed by atoms with Gasteiger partial charge in [-0.1, -0.05) is 18.6 Å². The first-order chi connectivity index (χ1) is 6.95. The van der Waals surface area contributed by atoms with Gasteiger partial charge in [0.2, 0.25) is 0 Å². The number of esters is 1. The highest BCUT2D eigenvalue weighted by Crippen LogP contribution is 2.63. The number of carbonyl (C=O) groups is 1. The van der Waals surface area contributed by atoms with Crippen LogP contribution in [0.4, 0.5) is 0 Å². The van der Waals surface area contributed by atoms with Crippen molar-refractivity contribution in [1.29, 1.82) is 0 Å². The van der Waals surface area contributed by atoms with E-state index in [0.717, 1.165) is 6.42 Å². The van der Waals surface area contributed by atoms with Gasteiger partial charge in [-0.15, -0.1) is 0 Å². The predicted molar refractivity (Wildman–Crippen MR) is 59.3 cm³/mol. The minimum absolute atomic E-state index is 0.0948. The third kappa shape index (κ3) is 1.95. The second kappa shape index (κ2) is 3.36. The van der Waals surface area contributed by atoms with Gasteiger partial charge in [-0.05, 0) is 32.6 Å². The quantitative estimate of drug-likeness (QED) is 0.526. The lowest BCUT2D eigenvalue weighted by atomic mass is 10.1. The van der Waals surface area contributed by atoms with Crippen LogP contribution >= 0.6 is 0 Å². The number of hydrogen-bond donors (Lipinski definition) is 0. The first-order valence-corrected chi connectivity index (χ1v) is 5.80. The Morgan fingerprint density at radius 1 is 1.40 bits per heavy atom. The molecule has 2 heteroatoms. The normalized spacial score (nSPS) is 42.0.